The average Bonchev–Trinajstić information content (AvgIpc) is 3.16. The summed E-state index contributed by atoms with van der Waals surface area (Å²) >= 11 is -3.26. The van der Waals surface area contributed by atoms with E-state index in [0.29, 0.717) is 0 Å². The predicted octanol–water partition coefficient (Wildman–Crippen LogP) is 11.3. The molecule has 0 unspecified atom stereocenters. The second-order valence-electron chi connectivity index (χ2n) is 11.0. The molecule has 1 nitrogen and oxygen atoms in total. The van der Waals surface area contributed by atoms with Crippen LogP contribution in [0, 0.1) is 6.92 Å². The molecule has 0 heterocycles. The van der Waals surface area contributed by atoms with Crippen molar-refractivity contribution in [2.24, 2.45) is 3.61 Å². The van der Waals surface area contributed by atoms with Gasteiger partial charge in [0.15, 0.2) is 0 Å². The second kappa shape index (κ2) is 19.9. The third kappa shape index (κ3) is 12.2. The fourth-order valence-electron chi connectivity index (χ4n) is 5.07. The van der Waals surface area contributed by atoms with E-state index in [-0.39, 0.29) is 0 Å². The Morgan fingerprint density at radius 2 is 0.560 bits per heavy atom. The topological polar surface area (TPSA) is 12.4 Å². The van der Waals surface area contributed by atoms with Crippen LogP contribution in [-0.2, 0) is 12.1 Å². The van der Waals surface area contributed by atoms with Gasteiger partial charge in [0.05, 0.1) is 0 Å². The minimum absolute atomic E-state index is 0.446. The number of rotatable bonds is 7. The van der Waals surface area contributed by atoms with Crippen LogP contribution in [-0.4, -0.2) is 0 Å². The van der Waals surface area contributed by atoms with Gasteiger partial charge in [0.25, 0.3) is 0 Å². The van der Waals surface area contributed by atoms with Crippen LogP contribution >= 0.6 is 44.6 Å². The third-order valence-electron chi connectivity index (χ3n) is 7.31. The molecule has 0 aliphatic heterocycles. The summed E-state index contributed by atoms with van der Waals surface area (Å²) in [7, 11) is 16.1. The smallest absolute Gasteiger partial charge is 0.0134 e. The van der Waals surface area contributed by atoms with Crippen molar-refractivity contribution in [1.82, 2.24) is 0 Å². The number of nitrogens with zero attached hydrogens (tertiary/aromatic N) is 1. The van der Waals surface area contributed by atoms with E-state index in [1.54, 1.807) is 0 Å². The monoisotopic (exact) mass is 831 g/mol. The van der Waals surface area contributed by atoms with Gasteiger partial charge >= 0.3 is 86.9 Å². The maximum atomic E-state index is 5.65. The van der Waals surface area contributed by atoms with E-state index in [1.807, 2.05) is 31.2 Å². The van der Waals surface area contributed by atoms with Crippen molar-refractivity contribution in [2.75, 3.05) is 0 Å². The fraction of sp³-hybridized carbons (Fsp3) is 0.0233. The Labute approximate surface area is 314 Å². The van der Waals surface area contributed by atoms with E-state index < -0.39 is 27.9 Å². The number of halogens is 3. The molecule has 0 spiro atoms. The van der Waals surface area contributed by atoms with Gasteiger partial charge in [-0.2, -0.15) is 0 Å². The molecule has 0 atom stereocenters. The SMILES string of the molecule is Cc1ccc([N]=[Tc]([Cl])([Cl])[Cl])cc1.c1ccc(P(c2ccccc2)c2ccccc2)cc1.c1ccc(P(c2ccccc2)c2ccccc2)cc1. The zero-order valence-electron chi connectivity index (χ0n) is 27.5. The van der Waals surface area contributed by atoms with Crippen LogP contribution in [0.25, 0.3) is 0 Å². The molecule has 0 N–H and O–H groups in total. The Bertz CT molecular complexity index is 1720. The summed E-state index contributed by atoms with van der Waals surface area (Å²) < 4.78 is 4.01. The normalized spacial score (nSPS) is 11.1. The van der Waals surface area contributed by atoms with E-state index >= 15 is 0 Å². The average molecular weight is 834 g/mol. The van der Waals surface area contributed by atoms with Gasteiger partial charge in [0.2, 0.25) is 0 Å². The molecule has 0 saturated carbocycles. The van der Waals surface area contributed by atoms with Crippen molar-refractivity contribution in [3.63, 3.8) is 0 Å². The summed E-state index contributed by atoms with van der Waals surface area (Å²) in [6.45, 7) is 2.00. The number of benzene rings is 7. The van der Waals surface area contributed by atoms with Gasteiger partial charge in [0, 0.05) is 0 Å². The number of hydrogen-bond acceptors (Lipinski definition) is 1. The molecule has 0 radical (unpaired) electrons. The van der Waals surface area contributed by atoms with Gasteiger partial charge in [-0.25, -0.2) is 0 Å². The van der Waals surface area contributed by atoms with Gasteiger partial charge in [-0.1, -0.05) is 182 Å². The van der Waals surface area contributed by atoms with Crippen LogP contribution in [0.1, 0.15) is 5.56 Å². The summed E-state index contributed by atoms with van der Waals surface area (Å²) in [6, 6.07) is 72.2. The summed E-state index contributed by atoms with van der Waals surface area (Å²) in [6.07, 6.45) is 0. The third-order valence-corrected chi connectivity index (χ3v) is 14.3. The summed E-state index contributed by atoms with van der Waals surface area (Å²) in [5.74, 6) is 0. The second-order valence-corrected chi connectivity index (χ2v) is 27.5. The van der Waals surface area contributed by atoms with Gasteiger partial charge in [-0.05, 0) is 47.7 Å². The summed E-state index contributed by atoms with van der Waals surface area (Å²) in [4.78, 5) is 0. The van der Waals surface area contributed by atoms with Crippen LogP contribution in [0.5, 0.6) is 0 Å². The predicted molar refractivity (Wildman–Crippen MR) is 221 cm³/mol. The molecular weight excluding hydrogens is 797 g/mol. The first-order valence-electron chi connectivity index (χ1n) is 15.9. The molecule has 50 heavy (non-hydrogen) atoms. The quantitative estimate of drug-likeness (QED) is 0.142. The van der Waals surface area contributed by atoms with Crippen molar-refractivity contribution in [1.29, 1.82) is 0 Å². The molecule has 7 aromatic rings. The van der Waals surface area contributed by atoms with Crippen molar-refractivity contribution >= 4 is 82.1 Å². The Balaban J connectivity index is 0.000000150. The number of aryl methyl sites for hydroxylation is 1. The molecule has 0 aliphatic rings. The molecule has 0 fully saturated rings. The standard InChI is InChI=1S/2C18H15P.C7H7N.3ClH.Tc/c2*1-4-10-16(11-5-1)19(17-12-6-2-7-13-17)18-14-8-3-9-15-18;1-6-2-4-7(8)5-3-6;;;;/h2*1-15H;2-5H,1H3;3*1H;/q;;;;;;+3/p-3. The molecule has 0 amide bonds. The van der Waals surface area contributed by atoms with Gasteiger partial charge in [-0.15, -0.1) is 0 Å². The maximum absolute atomic E-state index is 5.65. The van der Waals surface area contributed by atoms with Crippen LogP contribution in [0.15, 0.2) is 210 Å². The van der Waals surface area contributed by atoms with Crippen LogP contribution in [0.4, 0.5) is 5.69 Å². The van der Waals surface area contributed by atoms with Gasteiger partial charge in [0.1, 0.15) is 0 Å². The summed E-state index contributed by atoms with van der Waals surface area (Å²) in [5.41, 5.74) is 1.92. The first kappa shape index (κ1) is 38.0. The Morgan fingerprint density at radius 1 is 0.340 bits per heavy atom. The minimum Gasteiger partial charge on any atom is -0.0622 e. The molecule has 0 aliphatic carbocycles. The van der Waals surface area contributed by atoms with Crippen LogP contribution in [0.2, 0.25) is 0 Å². The summed E-state index contributed by atoms with van der Waals surface area (Å²) in [5, 5.41) is 8.39. The van der Waals surface area contributed by atoms with Gasteiger partial charge < -0.3 is 0 Å². The van der Waals surface area contributed by atoms with Crippen molar-refractivity contribution in [3.05, 3.63) is 212 Å². The minimum atomic E-state index is -3.26. The molecule has 7 heteroatoms. The van der Waals surface area contributed by atoms with Crippen molar-refractivity contribution in [2.45, 2.75) is 6.92 Å². The zero-order valence-corrected chi connectivity index (χ0v) is 33.4. The zero-order chi connectivity index (χ0) is 35.0. The molecule has 0 aromatic heterocycles. The van der Waals surface area contributed by atoms with Crippen molar-refractivity contribution in [3.8, 4) is 0 Å². The van der Waals surface area contributed by atoms with E-state index in [9.17, 15) is 0 Å². The molecule has 0 saturated heterocycles. The van der Waals surface area contributed by atoms with Crippen LogP contribution < -0.4 is 31.8 Å². The molecule has 7 aromatic carbocycles. The van der Waals surface area contributed by atoms with E-state index in [1.165, 1.54) is 37.4 Å². The number of hydrogen-bond donors (Lipinski definition) is 0. The van der Waals surface area contributed by atoms with E-state index in [0.717, 1.165) is 5.69 Å². The largest absolute Gasteiger partial charge is 0.0622 e. The molecule has 252 valence electrons. The first-order chi connectivity index (χ1) is 24.4. The Hall–Kier alpha value is -3.28. The maximum Gasteiger partial charge on any atom is -0.0134 e. The van der Waals surface area contributed by atoms with E-state index in [2.05, 4.69) is 186 Å². The fourth-order valence-corrected chi connectivity index (χ4v) is 11.8. The Morgan fingerprint density at radius 3 is 0.760 bits per heavy atom. The Kier molecular flexibility index (Phi) is 15.1. The van der Waals surface area contributed by atoms with Crippen LogP contribution in [0.3, 0.4) is 0 Å². The van der Waals surface area contributed by atoms with E-state index in [4.69, 9.17) is 28.8 Å². The van der Waals surface area contributed by atoms with Gasteiger partial charge in [-0.3, -0.25) is 0 Å². The van der Waals surface area contributed by atoms with Crippen molar-refractivity contribution < 1.29 is 12.1 Å². The first-order valence-corrected chi connectivity index (χ1v) is 26.6. The molecular formula is C43H37Cl3NP2Tc. The molecule has 7 rings (SSSR count). The molecule has 0 bridgehead atoms.